The molecule has 57 heavy (non-hydrogen) atoms. The number of carboxylic acid groups (broad SMARTS) is 1. The van der Waals surface area contributed by atoms with Crippen LogP contribution in [0.4, 0.5) is 5.82 Å². The van der Waals surface area contributed by atoms with Gasteiger partial charge in [0.05, 0.1) is 27.3 Å². The minimum Gasteiger partial charge on any atom is -0.744 e. The molecule has 0 radical (unpaired) electrons. The smallest absolute Gasteiger partial charge is 0.320 e. The van der Waals surface area contributed by atoms with Crippen LogP contribution in [0.15, 0.2) is 118 Å². The summed E-state index contributed by atoms with van der Waals surface area (Å²) in [6.45, 7) is 0. The Bertz CT molecular complexity index is 2220. The van der Waals surface area contributed by atoms with Crippen molar-refractivity contribution < 1.29 is 63.8 Å². The third-order valence-corrected chi connectivity index (χ3v) is 12.1. The highest BCUT2D eigenvalue weighted by atomic mass is 32.2. The molecule has 310 valence electrons. The highest BCUT2D eigenvalue weighted by molar-refractivity contribution is 7.96. The predicted molar refractivity (Wildman–Crippen MR) is 206 cm³/mol. The topological polar surface area (TPSA) is 349 Å². The monoisotopic (exact) mass is 872 g/mol. The van der Waals surface area contributed by atoms with Crippen molar-refractivity contribution in [1.82, 2.24) is 19.5 Å². The fraction of sp³-hybridized carbons (Fsp3) is 0.273. The van der Waals surface area contributed by atoms with Gasteiger partial charge in [-0.3, -0.25) is 18.5 Å². The van der Waals surface area contributed by atoms with E-state index in [2.05, 4.69) is 15.0 Å². The van der Waals surface area contributed by atoms with Crippen LogP contribution in [0.2, 0.25) is 0 Å². The fourth-order valence-electron chi connectivity index (χ4n) is 4.74. The maximum Gasteiger partial charge on any atom is 0.320 e. The number of imidazole rings is 1. The Morgan fingerprint density at radius 2 is 1.30 bits per heavy atom. The summed E-state index contributed by atoms with van der Waals surface area (Å²) in [6.07, 6.45) is 1.31. The van der Waals surface area contributed by atoms with Crippen molar-refractivity contribution in [2.75, 3.05) is 23.5 Å². The molecule has 3 aromatic carbocycles. The maximum absolute atomic E-state index is 10.8. The Hall–Kier alpha value is -4.60. The first-order valence-corrected chi connectivity index (χ1v) is 22.4. The van der Waals surface area contributed by atoms with Crippen LogP contribution in [0.5, 0.6) is 0 Å². The fourth-order valence-corrected chi connectivity index (χ4v) is 7.89. The van der Waals surface area contributed by atoms with Crippen LogP contribution in [-0.2, 0) is 50.8 Å². The third-order valence-electron chi connectivity index (χ3n) is 7.66. The molecule has 0 aliphatic carbocycles. The van der Waals surface area contributed by atoms with E-state index in [-0.39, 0.29) is 31.4 Å². The Morgan fingerprint density at radius 3 is 1.70 bits per heavy atom. The molecule has 9 N–H and O–H groups in total. The van der Waals surface area contributed by atoms with E-state index >= 15 is 0 Å². The Kier molecular flexibility index (Phi) is 17.0. The van der Waals surface area contributed by atoms with Crippen LogP contribution in [0.1, 0.15) is 12.6 Å². The highest BCUT2D eigenvalue weighted by Gasteiger charge is 2.46. The summed E-state index contributed by atoms with van der Waals surface area (Å²) in [5.41, 5.74) is 12.1. The number of aliphatic hydroxyl groups is 2. The van der Waals surface area contributed by atoms with Crippen LogP contribution < -0.4 is 11.5 Å². The van der Waals surface area contributed by atoms with Crippen LogP contribution in [-0.4, -0.2) is 122 Å². The average Bonchev–Trinajstić information content (AvgIpc) is 3.72. The molecule has 6 atom stereocenters. The third kappa shape index (κ3) is 14.4. The van der Waals surface area contributed by atoms with Crippen LogP contribution in [0.3, 0.4) is 0 Å². The normalized spacial score (nSPS) is 19.1. The number of carbonyl (C=O) groups is 1. The van der Waals surface area contributed by atoms with Crippen LogP contribution in [0.25, 0.3) is 11.2 Å². The lowest BCUT2D eigenvalue weighted by Gasteiger charge is -2.16. The molecule has 3 heterocycles. The maximum atomic E-state index is 10.8. The van der Waals surface area contributed by atoms with E-state index in [0.717, 1.165) is 0 Å². The Morgan fingerprint density at radius 1 is 0.825 bits per heavy atom. The summed E-state index contributed by atoms with van der Waals surface area (Å²) in [4.78, 5) is 22.6. The van der Waals surface area contributed by atoms with Gasteiger partial charge in [0.2, 0.25) is 0 Å². The first kappa shape index (κ1) is 46.8. The Labute approximate surface area is 330 Å². The summed E-state index contributed by atoms with van der Waals surface area (Å²) in [6, 6.07) is 21.1. The zero-order valence-corrected chi connectivity index (χ0v) is 33.1. The quantitative estimate of drug-likeness (QED) is 0.0743. The van der Waals surface area contributed by atoms with Gasteiger partial charge in [-0.1, -0.05) is 54.6 Å². The number of nitrogen functional groups attached to an aromatic ring is 1. The number of rotatable bonds is 10. The first-order valence-electron chi connectivity index (χ1n) is 16.2. The molecule has 0 bridgehead atoms. The van der Waals surface area contributed by atoms with E-state index < -0.39 is 66.9 Å². The molecule has 1 aliphatic rings. The zero-order valence-electron chi connectivity index (χ0n) is 29.8. The largest absolute Gasteiger partial charge is 0.744 e. The van der Waals surface area contributed by atoms with Crippen LogP contribution in [0, 0.1) is 0 Å². The van der Waals surface area contributed by atoms with Gasteiger partial charge < -0.3 is 36.1 Å². The number of nitrogens with zero attached hydrogens (tertiary/aromatic N) is 4. The summed E-state index contributed by atoms with van der Waals surface area (Å²) in [5, 5.41) is 29.7. The SMILES string of the molecule is C[S+](CC[C@H](N)C(=O)O)C[C@H]1O[C@@H](n2cnc3c(N)ncnc32)[C@H](O)[C@@H]1O.O=S(=O)(O)c1ccccc1.O=S(=O)(O)c1ccccc1.O=S(=O)([O-])c1ccccc1. The number of hydrogen-bond acceptors (Lipinski definition) is 16. The molecule has 5 aromatic rings. The van der Waals surface area contributed by atoms with Crippen molar-refractivity contribution in [3.8, 4) is 0 Å². The number of nitrogens with two attached hydrogens (primary N) is 2. The van der Waals surface area contributed by atoms with Crippen molar-refractivity contribution in [3.63, 3.8) is 0 Å². The molecule has 24 heteroatoms. The number of benzene rings is 3. The number of aliphatic hydroxyl groups excluding tert-OH is 2. The lowest BCUT2D eigenvalue weighted by atomic mass is 10.1. The molecule has 0 saturated carbocycles. The van der Waals surface area contributed by atoms with Gasteiger partial charge in [0.1, 0.15) is 57.8 Å². The second-order valence-electron chi connectivity index (χ2n) is 11.9. The number of carboxylic acids is 1. The van der Waals surface area contributed by atoms with Gasteiger partial charge in [-0.2, -0.15) is 16.8 Å². The molecule has 20 nitrogen and oxygen atoms in total. The summed E-state index contributed by atoms with van der Waals surface area (Å²) >= 11 is 0. The highest BCUT2D eigenvalue weighted by Crippen LogP contribution is 2.32. The second kappa shape index (κ2) is 20.7. The summed E-state index contributed by atoms with van der Waals surface area (Å²) in [7, 11) is -12.5. The van der Waals surface area contributed by atoms with Crippen molar-refractivity contribution in [1.29, 1.82) is 0 Å². The van der Waals surface area contributed by atoms with Gasteiger partial charge in [-0.25, -0.2) is 23.4 Å². The minimum atomic E-state index is -4.25. The van der Waals surface area contributed by atoms with E-state index in [0.29, 0.717) is 29.1 Å². The molecule has 1 aliphatic heterocycles. The molecular weight excluding hydrogens is 833 g/mol. The minimum absolute atomic E-state index is 0.0741. The molecule has 2 aromatic heterocycles. The lowest BCUT2D eigenvalue weighted by molar-refractivity contribution is -0.138. The van der Waals surface area contributed by atoms with Gasteiger partial charge in [0.25, 0.3) is 20.2 Å². The van der Waals surface area contributed by atoms with Crippen molar-refractivity contribution in [2.24, 2.45) is 5.73 Å². The number of hydrogen-bond donors (Lipinski definition) is 7. The molecule has 6 rings (SSSR count). The molecule has 1 saturated heterocycles. The number of anilines is 1. The molecular formula is C33H40N6O14S4. The van der Waals surface area contributed by atoms with E-state index in [4.69, 9.17) is 30.4 Å². The Balaban J connectivity index is 0.000000237. The van der Waals surface area contributed by atoms with Gasteiger partial charge in [0, 0.05) is 6.42 Å². The molecule has 1 unspecified atom stereocenters. The van der Waals surface area contributed by atoms with Gasteiger partial charge in [-0.15, -0.1) is 0 Å². The van der Waals surface area contributed by atoms with E-state index in [1.54, 1.807) is 42.5 Å². The molecule has 0 amide bonds. The van der Waals surface area contributed by atoms with E-state index in [1.165, 1.54) is 65.8 Å². The number of aromatic nitrogens is 4. The van der Waals surface area contributed by atoms with Crippen molar-refractivity contribution in [2.45, 2.75) is 51.7 Å². The summed E-state index contributed by atoms with van der Waals surface area (Å²) in [5.74, 6) is 0.254. The van der Waals surface area contributed by atoms with Crippen LogP contribution >= 0.6 is 0 Å². The zero-order chi connectivity index (χ0) is 42.6. The van der Waals surface area contributed by atoms with E-state index in [9.17, 15) is 44.8 Å². The number of ether oxygens (including phenoxy) is 1. The van der Waals surface area contributed by atoms with Gasteiger partial charge in [0.15, 0.2) is 17.7 Å². The van der Waals surface area contributed by atoms with Crippen molar-refractivity contribution in [3.05, 3.63) is 104 Å². The molecule has 1 fully saturated rings. The van der Waals surface area contributed by atoms with Gasteiger partial charge >= 0.3 is 5.97 Å². The van der Waals surface area contributed by atoms with Gasteiger partial charge in [-0.05, 0) is 47.3 Å². The molecule has 0 spiro atoms. The van der Waals surface area contributed by atoms with Crippen molar-refractivity contribution >= 4 is 64.2 Å². The predicted octanol–water partition coefficient (Wildman–Crippen LogP) is 0.535. The average molecular weight is 873 g/mol. The number of aliphatic carboxylic acids is 1. The lowest BCUT2D eigenvalue weighted by Crippen LogP contribution is -2.37. The summed E-state index contributed by atoms with van der Waals surface area (Å²) < 4.78 is 96.7. The number of fused-ring (bicyclic) bond motifs is 1. The second-order valence-corrected chi connectivity index (χ2v) is 18.4. The van der Waals surface area contributed by atoms with E-state index in [1.807, 2.05) is 6.26 Å². The first-order chi connectivity index (χ1) is 26.6. The standard InChI is InChI=1S/C15H22N6O5S.3C6H6O3S/c1-27(3-2-7(16)15(24)25)4-8-10(22)11(23)14(26-8)21-6-20-9-12(17)18-5-19-13(9)21;3*7-10(8,9)6-4-2-1-3-5-6/h5-8,10-11,14,22-23H,2-4,16H2,1H3,(H2-,17,18,19,24,25);3*1-5H,(H,7,8,9)/t7-,8+,10+,11+,14+,27?;;;/m0.../s1.